The molecule has 0 aromatic heterocycles. The first kappa shape index (κ1) is 10.2. The highest BCUT2D eigenvalue weighted by Crippen LogP contribution is 2.20. The first-order valence-electron chi connectivity index (χ1n) is 3.75. The molecule has 0 fully saturated rings. The minimum absolute atomic E-state index is 0.267. The van der Waals surface area contributed by atoms with Gasteiger partial charge in [-0.1, -0.05) is 28.1 Å². The number of halogens is 1. The van der Waals surface area contributed by atoms with Crippen LogP contribution < -0.4 is 0 Å². The number of aliphatic carboxylic acids is 1. The summed E-state index contributed by atoms with van der Waals surface area (Å²) < 4.78 is 0.828. The number of hydrogen-bond donors (Lipinski definition) is 2. The van der Waals surface area contributed by atoms with Crippen molar-refractivity contribution in [2.24, 2.45) is 0 Å². The number of aliphatic hydroxyl groups is 1. The Labute approximate surface area is 84.1 Å². The second-order valence-corrected chi connectivity index (χ2v) is 3.58. The summed E-state index contributed by atoms with van der Waals surface area (Å²) in [5.41, 5.74) is 0.608. The van der Waals surface area contributed by atoms with Crippen molar-refractivity contribution >= 4 is 21.9 Å². The van der Waals surface area contributed by atoms with Crippen LogP contribution in [0.1, 0.15) is 18.1 Å². The highest BCUT2D eigenvalue weighted by molar-refractivity contribution is 9.10. The Balaban J connectivity index is 2.76. The maximum absolute atomic E-state index is 10.3. The second-order valence-electron chi connectivity index (χ2n) is 2.67. The van der Waals surface area contributed by atoms with Crippen LogP contribution in [0.4, 0.5) is 0 Å². The van der Waals surface area contributed by atoms with E-state index in [1.807, 2.05) is 6.07 Å². The minimum atomic E-state index is -1.01. The smallest absolute Gasteiger partial charge is 0.306 e. The Hall–Kier alpha value is -0.870. The van der Waals surface area contributed by atoms with Gasteiger partial charge in [-0.2, -0.15) is 0 Å². The lowest BCUT2D eigenvalue weighted by atomic mass is 10.1. The molecule has 70 valence electrons. The third-order valence-electron chi connectivity index (χ3n) is 1.60. The van der Waals surface area contributed by atoms with Gasteiger partial charge < -0.3 is 10.2 Å². The van der Waals surface area contributed by atoms with Crippen molar-refractivity contribution in [1.29, 1.82) is 0 Å². The molecule has 0 bridgehead atoms. The van der Waals surface area contributed by atoms with Gasteiger partial charge >= 0.3 is 5.97 Å². The molecule has 1 aromatic carbocycles. The largest absolute Gasteiger partial charge is 0.481 e. The molecule has 0 heterocycles. The lowest BCUT2D eigenvalue weighted by molar-refractivity contribution is -0.139. The van der Waals surface area contributed by atoms with Crippen LogP contribution in [0.25, 0.3) is 0 Å². The molecule has 0 saturated heterocycles. The molecule has 0 spiro atoms. The van der Waals surface area contributed by atoms with E-state index >= 15 is 0 Å². The van der Waals surface area contributed by atoms with Crippen LogP contribution >= 0.6 is 15.9 Å². The summed E-state index contributed by atoms with van der Waals surface area (Å²) >= 11 is 3.24. The number of benzene rings is 1. The maximum atomic E-state index is 10.3. The Kier molecular flexibility index (Phi) is 3.45. The van der Waals surface area contributed by atoms with Crippen LogP contribution in [0.5, 0.6) is 0 Å². The number of carboxylic acid groups (broad SMARTS) is 1. The normalized spacial score (nSPS) is 12.5. The fourth-order valence-electron chi connectivity index (χ4n) is 0.997. The topological polar surface area (TPSA) is 57.5 Å². The third kappa shape index (κ3) is 3.16. The van der Waals surface area contributed by atoms with Crippen molar-refractivity contribution in [2.45, 2.75) is 12.5 Å². The van der Waals surface area contributed by atoms with Gasteiger partial charge in [-0.3, -0.25) is 4.79 Å². The molecule has 0 aliphatic rings. The van der Waals surface area contributed by atoms with Crippen LogP contribution in [0.15, 0.2) is 28.7 Å². The molecule has 13 heavy (non-hydrogen) atoms. The van der Waals surface area contributed by atoms with Gasteiger partial charge in [-0.15, -0.1) is 0 Å². The molecule has 0 amide bonds. The van der Waals surface area contributed by atoms with E-state index in [1.165, 1.54) is 0 Å². The van der Waals surface area contributed by atoms with E-state index in [4.69, 9.17) is 5.11 Å². The summed E-state index contributed by atoms with van der Waals surface area (Å²) in [4.78, 5) is 10.3. The van der Waals surface area contributed by atoms with E-state index in [9.17, 15) is 9.90 Å². The van der Waals surface area contributed by atoms with Gasteiger partial charge in [0.25, 0.3) is 0 Å². The fraction of sp³-hybridized carbons (Fsp3) is 0.222. The van der Waals surface area contributed by atoms with Crippen LogP contribution in [-0.4, -0.2) is 16.2 Å². The Morgan fingerprint density at radius 2 is 2.23 bits per heavy atom. The summed E-state index contributed by atoms with van der Waals surface area (Å²) in [5.74, 6) is -1.01. The van der Waals surface area contributed by atoms with E-state index in [1.54, 1.807) is 18.2 Å². The highest BCUT2D eigenvalue weighted by atomic mass is 79.9. The minimum Gasteiger partial charge on any atom is -0.481 e. The molecule has 4 heteroatoms. The number of carboxylic acids is 1. The Morgan fingerprint density at radius 3 is 2.77 bits per heavy atom. The Morgan fingerprint density at radius 1 is 1.54 bits per heavy atom. The van der Waals surface area contributed by atoms with Crippen LogP contribution in [0, 0.1) is 0 Å². The monoisotopic (exact) mass is 244 g/mol. The van der Waals surface area contributed by atoms with Gasteiger partial charge in [0.05, 0.1) is 12.5 Å². The molecule has 0 saturated carbocycles. The molecular formula is C9H9BrO3. The number of aliphatic hydroxyl groups excluding tert-OH is 1. The number of carbonyl (C=O) groups is 1. The van der Waals surface area contributed by atoms with Crippen molar-refractivity contribution in [1.82, 2.24) is 0 Å². The molecule has 0 aliphatic carbocycles. The number of rotatable bonds is 3. The zero-order valence-electron chi connectivity index (χ0n) is 6.77. The van der Waals surface area contributed by atoms with Crippen molar-refractivity contribution in [3.63, 3.8) is 0 Å². The van der Waals surface area contributed by atoms with Crippen molar-refractivity contribution < 1.29 is 15.0 Å². The number of hydrogen-bond acceptors (Lipinski definition) is 2. The summed E-state index contributed by atoms with van der Waals surface area (Å²) in [7, 11) is 0. The molecular weight excluding hydrogens is 236 g/mol. The molecule has 0 aliphatic heterocycles. The van der Waals surface area contributed by atoms with Crippen molar-refractivity contribution in [3.05, 3.63) is 34.3 Å². The summed E-state index contributed by atoms with van der Waals surface area (Å²) in [5, 5.41) is 17.9. The molecule has 1 atom stereocenters. The maximum Gasteiger partial charge on any atom is 0.306 e. The van der Waals surface area contributed by atoms with E-state index in [0.29, 0.717) is 5.56 Å². The van der Waals surface area contributed by atoms with Crippen LogP contribution in [0.3, 0.4) is 0 Å². The van der Waals surface area contributed by atoms with E-state index in [-0.39, 0.29) is 6.42 Å². The predicted octanol–water partition coefficient (Wildman–Crippen LogP) is 1.96. The third-order valence-corrected chi connectivity index (χ3v) is 2.09. The van der Waals surface area contributed by atoms with Gasteiger partial charge in [0.1, 0.15) is 0 Å². The fourth-order valence-corrected chi connectivity index (χ4v) is 1.41. The van der Waals surface area contributed by atoms with Crippen molar-refractivity contribution in [2.75, 3.05) is 0 Å². The molecule has 3 nitrogen and oxygen atoms in total. The van der Waals surface area contributed by atoms with E-state index in [2.05, 4.69) is 15.9 Å². The van der Waals surface area contributed by atoms with E-state index in [0.717, 1.165) is 4.47 Å². The SMILES string of the molecule is O=C(O)CC(O)c1cccc(Br)c1. The summed E-state index contributed by atoms with van der Waals surface area (Å²) in [6.07, 6.45) is -1.20. The van der Waals surface area contributed by atoms with Gasteiger partial charge in [0, 0.05) is 4.47 Å². The average Bonchev–Trinajstić information content (AvgIpc) is 2.03. The summed E-state index contributed by atoms with van der Waals surface area (Å²) in [6.45, 7) is 0. The second kappa shape index (κ2) is 4.39. The average molecular weight is 245 g/mol. The Bertz CT molecular complexity index is 311. The molecule has 1 rings (SSSR count). The van der Waals surface area contributed by atoms with Gasteiger partial charge in [-0.25, -0.2) is 0 Å². The van der Waals surface area contributed by atoms with Gasteiger partial charge in [-0.05, 0) is 17.7 Å². The lowest BCUT2D eigenvalue weighted by Crippen LogP contribution is -2.05. The van der Waals surface area contributed by atoms with Gasteiger partial charge in [0.2, 0.25) is 0 Å². The molecule has 2 N–H and O–H groups in total. The molecule has 1 unspecified atom stereocenters. The van der Waals surface area contributed by atoms with Gasteiger partial charge in [0.15, 0.2) is 0 Å². The quantitative estimate of drug-likeness (QED) is 0.855. The lowest BCUT2D eigenvalue weighted by Gasteiger charge is -2.07. The predicted molar refractivity (Wildman–Crippen MR) is 51.4 cm³/mol. The highest BCUT2D eigenvalue weighted by Gasteiger charge is 2.11. The van der Waals surface area contributed by atoms with Crippen molar-refractivity contribution in [3.8, 4) is 0 Å². The molecule has 0 radical (unpaired) electrons. The van der Waals surface area contributed by atoms with E-state index < -0.39 is 12.1 Å². The van der Waals surface area contributed by atoms with Crippen LogP contribution in [-0.2, 0) is 4.79 Å². The molecule has 1 aromatic rings. The zero-order chi connectivity index (χ0) is 9.84. The van der Waals surface area contributed by atoms with Crippen LogP contribution in [0.2, 0.25) is 0 Å². The summed E-state index contributed by atoms with van der Waals surface area (Å²) in [6, 6.07) is 6.97. The zero-order valence-corrected chi connectivity index (χ0v) is 8.36. The first-order valence-corrected chi connectivity index (χ1v) is 4.54. The standard InChI is InChI=1S/C9H9BrO3/c10-7-3-1-2-6(4-7)8(11)5-9(12)13/h1-4,8,11H,5H2,(H,12,13). The first-order chi connectivity index (χ1) is 6.09.